The molecule has 0 unspecified atom stereocenters. The molecule has 2 heterocycles. The van der Waals surface area contributed by atoms with Gasteiger partial charge in [-0.2, -0.15) is 0 Å². The van der Waals surface area contributed by atoms with E-state index in [-0.39, 0.29) is 11.7 Å². The summed E-state index contributed by atoms with van der Waals surface area (Å²) in [7, 11) is 0. The minimum absolute atomic E-state index is 0.0247. The number of fused-ring (bicyclic) bond motifs is 1. The first-order valence-electron chi connectivity index (χ1n) is 8.58. The summed E-state index contributed by atoms with van der Waals surface area (Å²) >= 11 is 0. The topological polar surface area (TPSA) is 88.2 Å². The number of hydrogen-bond donors (Lipinski definition) is 2. The summed E-state index contributed by atoms with van der Waals surface area (Å²) in [5.41, 5.74) is 3.91. The van der Waals surface area contributed by atoms with E-state index in [9.17, 15) is 9.90 Å². The largest absolute Gasteiger partial charge is 0.507 e. The van der Waals surface area contributed by atoms with Crippen molar-refractivity contribution in [1.82, 2.24) is 9.97 Å². The number of aryl methyl sites for hydroxylation is 1. The molecule has 0 aliphatic heterocycles. The lowest BCUT2D eigenvalue weighted by atomic mass is 10.1. The van der Waals surface area contributed by atoms with Gasteiger partial charge in [0, 0.05) is 18.1 Å². The van der Waals surface area contributed by atoms with Crippen molar-refractivity contribution in [2.24, 2.45) is 0 Å². The molecule has 0 atom stereocenters. The number of benzene rings is 2. The Labute approximate surface area is 155 Å². The highest BCUT2D eigenvalue weighted by Gasteiger charge is 2.15. The number of hydrogen-bond acceptors (Lipinski definition) is 5. The van der Waals surface area contributed by atoms with Gasteiger partial charge in [0.25, 0.3) is 5.91 Å². The number of amides is 1. The molecule has 0 aliphatic carbocycles. The summed E-state index contributed by atoms with van der Waals surface area (Å²) in [6, 6.07) is 13.9. The first kappa shape index (κ1) is 16.8. The summed E-state index contributed by atoms with van der Waals surface area (Å²) < 4.78 is 5.79. The smallest absolute Gasteiger partial charge is 0.257 e. The number of oxazole rings is 1. The molecule has 4 aromatic rings. The van der Waals surface area contributed by atoms with E-state index in [1.54, 1.807) is 30.5 Å². The van der Waals surface area contributed by atoms with Crippen LogP contribution in [0.3, 0.4) is 0 Å². The highest BCUT2D eigenvalue weighted by atomic mass is 16.3. The second kappa shape index (κ2) is 6.92. The van der Waals surface area contributed by atoms with Crippen LogP contribution in [0.4, 0.5) is 5.69 Å². The van der Waals surface area contributed by atoms with Gasteiger partial charge in [0.05, 0.1) is 11.1 Å². The van der Waals surface area contributed by atoms with Crippen LogP contribution in [0.5, 0.6) is 5.75 Å². The molecule has 2 N–H and O–H groups in total. The molecular weight excluding hydrogens is 342 g/mol. The van der Waals surface area contributed by atoms with Crippen LogP contribution in [0.15, 0.2) is 65.3 Å². The molecule has 4 rings (SSSR count). The molecule has 0 aliphatic rings. The van der Waals surface area contributed by atoms with Crippen LogP contribution >= 0.6 is 0 Å². The summed E-state index contributed by atoms with van der Waals surface area (Å²) in [4.78, 5) is 20.7. The van der Waals surface area contributed by atoms with Crippen LogP contribution in [0.2, 0.25) is 0 Å². The highest BCUT2D eigenvalue weighted by Crippen LogP contribution is 2.33. The fourth-order valence-electron chi connectivity index (χ4n) is 2.79. The van der Waals surface area contributed by atoms with E-state index in [1.165, 1.54) is 12.3 Å². The maximum Gasteiger partial charge on any atom is 0.257 e. The van der Waals surface area contributed by atoms with Gasteiger partial charge in [0.2, 0.25) is 5.89 Å². The van der Waals surface area contributed by atoms with Crippen LogP contribution in [0.1, 0.15) is 22.8 Å². The van der Waals surface area contributed by atoms with Crippen LogP contribution < -0.4 is 5.32 Å². The predicted molar refractivity (Wildman–Crippen MR) is 103 cm³/mol. The number of carbonyl (C=O) groups is 1. The number of phenols is 1. The van der Waals surface area contributed by atoms with Crippen molar-refractivity contribution in [3.05, 3.63) is 72.1 Å². The van der Waals surface area contributed by atoms with Gasteiger partial charge >= 0.3 is 0 Å². The molecule has 0 saturated heterocycles. The Morgan fingerprint density at radius 2 is 2.07 bits per heavy atom. The van der Waals surface area contributed by atoms with Crippen molar-refractivity contribution in [2.75, 3.05) is 5.32 Å². The summed E-state index contributed by atoms with van der Waals surface area (Å²) in [6.07, 6.45) is 3.99. The van der Waals surface area contributed by atoms with Crippen LogP contribution in [-0.4, -0.2) is 21.0 Å². The first-order chi connectivity index (χ1) is 13.1. The van der Waals surface area contributed by atoms with Crippen LogP contribution in [-0.2, 0) is 6.42 Å². The van der Waals surface area contributed by atoms with E-state index < -0.39 is 0 Å². The molecule has 2 aromatic heterocycles. The van der Waals surface area contributed by atoms with Crippen molar-refractivity contribution in [1.29, 1.82) is 0 Å². The third-order valence-corrected chi connectivity index (χ3v) is 4.27. The quantitative estimate of drug-likeness (QED) is 0.527. The third kappa shape index (κ3) is 3.37. The summed E-state index contributed by atoms with van der Waals surface area (Å²) in [5.74, 6) is 0.0368. The van der Waals surface area contributed by atoms with Gasteiger partial charge < -0.3 is 14.8 Å². The molecule has 6 nitrogen and oxygen atoms in total. The van der Waals surface area contributed by atoms with Gasteiger partial charge in [-0.1, -0.05) is 13.0 Å². The second-order valence-corrected chi connectivity index (χ2v) is 6.10. The molecule has 0 bridgehead atoms. The number of aromatic hydroxyl groups is 1. The van der Waals surface area contributed by atoms with E-state index in [0.717, 1.165) is 17.5 Å². The van der Waals surface area contributed by atoms with E-state index >= 15 is 0 Å². The maximum atomic E-state index is 12.3. The zero-order valence-electron chi connectivity index (χ0n) is 14.6. The van der Waals surface area contributed by atoms with Gasteiger partial charge in [0.15, 0.2) is 5.58 Å². The normalized spacial score (nSPS) is 10.9. The Balaban J connectivity index is 1.67. The molecule has 134 valence electrons. The van der Waals surface area contributed by atoms with Gasteiger partial charge in [0.1, 0.15) is 11.3 Å². The Bertz CT molecular complexity index is 1120. The van der Waals surface area contributed by atoms with E-state index in [0.29, 0.717) is 28.3 Å². The zero-order chi connectivity index (χ0) is 18.8. The van der Waals surface area contributed by atoms with Gasteiger partial charge in [-0.15, -0.1) is 0 Å². The number of nitrogens with one attached hydrogen (secondary N) is 1. The average Bonchev–Trinajstić information content (AvgIpc) is 3.13. The van der Waals surface area contributed by atoms with Crippen molar-refractivity contribution in [3.8, 4) is 17.2 Å². The SMILES string of the molecule is CCc1ccc2oc(-c3cc(NC(=O)c4cccnc4)ccc3O)nc2c1. The van der Waals surface area contributed by atoms with Crippen molar-refractivity contribution < 1.29 is 14.3 Å². The summed E-state index contributed by atoms with van der Waals surface area (Å²) in [5, 5.41) is 13.0. The first-order valence-corrected chi connectivity index (χ1v) is 8.58. The van der Waals surface area contributed by atoms with E-state index in [1.807, 2.05) is 18.2 Å². The van der Waals surface area contributed by atoms with Gasteiger partial charge in [-0.25, -0.2) is 4.98 Å². The van der Waals surface area contributed by atoms with Gasteiger partial charge in [-0.05, 0) is 54.4 Å². The van der Waals surface area contributed by atoms with Crippen LogP contribution in [0.25, 0.3) is 22.6 Å². The second-order valence-electron chi connectivity index (χ2n) is 6.10. The Morgan fingerprint density at radius 3 is 2.85 bits per heavy atom. The number of phenolic OH excluding ortho intramolecular Hbond substituents is 1. The minimum atomic E-state index is -0.287. The van der Waals surface area contributed by atoms with Crippen LogP contribution in [0, 0.1) is 0 Å². The summed E-state index contributed by atoms with van der Waals surface area (Å²) in [6.45, 7) is 2.07. The lowest BCUT2D eigenvalue weighted by Gasteiger charge is -2.07. The highest BCUT2D eigenvalue weighted by molar-refractivity contribution is 6.04. The molecule has 2 aromatic carbocycles. The molecule has 27 heavy (non-hydrogen) atoms. The number of aromatic nitrogens is 2. The number of pyridine rings is 1. The Hall–Kier alpha value is -3.67. The number of anilines is 1. The molecule has 1 amide bonds. The minimum Gasteiger partial charge on any atom is -0.507 e. The molecule has 0 radical (unpaired) electrons. The standard InChI is InChI=1S/C21H17N3O3/c1-2-13-5-8-19-17(10-13)24-21(27-19)16-11-15(6-7-18(16)25)23-20(26)14-4-3-9-22-12-14/h3-12,25H,2H2,1H3,(H,23,26). The number of rotatable bonds is 4. The monoisotopic (exact) mass is 359 g/mol. The Morgan fingerprint density at radius 1 is 1.19 bits per heavy atom. The molecule has 0 spiro atoms. The van der Waals surface area contributed by atoms with Crippen molar-refractivity contribution >= 4 is 22.7 Å². The lowest BCUT2D eigenvalue weighted by molar-refractivity contribution is 0.102. The molecule has 0 saturated carbocycles. The lowest BCUT2D eigenvalue weighted by Crippen LogP contribution is -2.11. The Kier molecular flexibility index (Phi) is 4.30. The van der Waals surface area contributed by atoms with Crippen molar-refractivity contribution in [3.63, 3.8) is 0 Å². The zero-order valence-corrected chi connectivity index (χ0v) is 14.6. The average molecular weight is 359 g/mol. The van der Waals surface area contributed by atoms with Gasteiger partial charge in [-0.3, -0.25) is 9.78 Å². The molecule has 6 heteroatoms. The van der Waals surface area contributed by atoms with Crippen molar-refractivity contribution in [2.45, 2.75) is 13.3 Å². The number of nitrogens with zero attached hydrogens (tertiary/aromatic N) is 2. The molecular formula is C21H17N3O3. The maximum absolute atomic E-state index is 12.3. The number of carbonyl (C=O) groups excluding carboxylic acids is 1. The van der Waals surface area contributed by atoms with E-state index in [2.05, 4.69) is 22.2 Å². The molecule has 0 fully saturated rings. The van der Waals surface area contributed by atoms with E-state index in [4.69, 9.17) is 4.42 Å². The fraction of sp³-hybridized carbons (Fsp3) is 0.0952. The predicted octanol–water partition coefficient (Wildman–Crippen LogP) is 4.41. The fourth-order valence-corrected chi connectivity index (χ4v) is 2.79. The third-order valence-electron chi connectivity index (χ3n) is 4.27.